The number of nitrogens with one attached hydrogen (secondary N) is 1. The molecule has 0 saturated heterocycles. The number of anilines is 1. The second kappa shape index (κ2) is 7.54. The minimum absolute atomic E-state index is 0.0572. The number of carbonyl (C=O) groups is 1. The summed E-state index contributed by atoms with van der Waals surface area (Å²) in [5.74, 6) is -0.368. The highest BCUT2D eigenvalue weighted by Crippen LogP contribution is 2.32. The molecular formula is C20H17N5O2. The van der Waals surface area contributed by atoms with Gasteiger partial charge in [0.1, 0.15) is 11.8 Å². The van der Waals surface area contributed by atoms with Crippen LogP contribution in [0.4, 0.5) is 11.4 Å². The topological polar surface area (TPSA) is 113 Å². The van der Waals surface area contributed by atoms with Crippen molar-refractivity contribution in [1.29, 1.82) is 5.26 Å². The number of aromatic nitrogens is 1. The molecule has 1 amide bonds. The van der Waals surface area contributed by atoms with Crippen LogP contribution in [0.2, 0.25) is 0 Å². The van der Waals surface area contributed by atoms with Gasteiger partial charge in [0.05, 0.1) is 18.4 Å². The van der Waals surface area contributed by atoms with Crippen LogP contribution in [0.1, 0.15) is 21.6 Å². The van der Waals surface area contributed by atoms with Gasteiger partial charge in [0.2, 0.25) is 0 Å². The van der Waals surface area contributed by atoms with Crippen LogP contribution >= 0.6 is 0 Å². The van der Waals surface area contributed by atoms with E-state index in [1.165, 1.54) is 19.4 Å². The largest absolute Gasteiger partial charge is 0.469 e. The highest BCUT2D eigenvalue weighted by Gasteiger charge is 2.10. The standard InChI is InChI=1S/C20H17N5O2/c1-12-3-5-14-6-7-15(9-16(14)18(12)25-20(22)27-2)24-19(26)17-8-4-13(10-21)11-23-17/h3-9,11H,1-2H3,(H2,22,25)(H,24,26). The van der Waals surface area contributed by atoms with Crippen LogP contribution in [-0.4, -0.2) is 24.0 Å². The van der Waals surface area contributed by atoms with Gasteiger partial charge in [-0.1, -0.05) is 18.2 Å². The van der Waals surface area contributed by atoms with Gasteiger partial charge in [-0.3, -0.25) is 4.79 Å². The van der Waals surface area contributed by atoms with Crippen LogP contribution in [0.15, 0.2) is 53.7 Å². The summed E-state index contributed by atoms with van der Waals surface area (Å²) in [5, 5.41) is 13.4. The lowest BCUT2D eigenvalue weighted by Gasteiger charge is -2.10. The molecule has 2 aromatic carbocycles. The monoisotopic (exact) mass is 359 g/mol. The third-order valence-electron chi connectivity index (χ3n) is 4.01. The molecule has 0 unspecified atom stereocenters. The van der Waals surface area contributed by atoms with Gasteiger partial charge in [0.25, 0.3) is 11.9 Å². The van der Waals surface area contributed by atoms with Crippen molar-refractivity contribution in [3.8, 4) is 6.07 Å². The number of amidine groups is 1. The molecule has 1 aromatic heterocycles. The average molecular weight is 359 g/mol. The average Bonchev–Trinajstić information content (AvgIpc) is 2.70. The highest BCUT2D eigenvalue weighted by molar-refractivity contribution is 6.05. The number of carbonyl (C=O) groups excluding carboxylic acids is 1. The minimum Gasteiger partial charge on any atom is -0.469 e. The number of rotatable bonds is 3. The van der Waals surface area contributed by atoms with E-state index in [0.717, 1.165) is 16.3 Å². The molecule has 0 radical (unpaired) electrons. The number of nitriles is 1. The van der Waals surface area contributed by atoms with Crippen molar-refractivity contribution < 1.29 is 9.53 Å². The maximum atomic E-state index is 12.4. The molecule has 7 nitrogen and oxygen atoms in total. The Morgan fingerprint density at radius 2 is 2.04 bits per heavy atom. The number of benzene rings is 2. The molecule has 7 heteroatoms. The number of amides is 1. The number of aliphatic imine (C=N–C) groups is 1. The Balaban J connectivity index is 1.96. The molecule has 0 fully saturated rings. The van der Waals surface area contributed by atoms with E-state index in [9.17, 15) is 4.79 Å². The van der Waals surface area contributed by atoms with E-state index in [4.69, 9.17) is 15.7 Å². The van der Waals surface area contributed by atoms with E-state index in [0.29, 0.717) is 16.9 Å². The zero-order valence-corrected chi connectivity index (χ0v) is 14.9. The summed E-state index contributed by atoms with van der Waals surface area (Å²) >= 11 is 0. The molecule has 0 saturated carbocycles. The van der Waals surface area contributed by atoms with Gasteiger partial charge in [-0.05, 0) is 42.1 Å². The zero-order chi connectivity index (χ0) is 19.4. The first-order chi connectivity index (χ1) is 13.0. The Hall–Kier alpha value is -3.92. The Morgan fingerprint density at radius 3 is 2.70 bits per heavy atom. The third kappa shape index (κ3) is 3.85. The smallest absolute Gasteiger partial charge is 0.286 e. The van der Waals surface area contributed by atoms with Gasteiger partial charge in [0.15, 0.2) is 0 Å². The highest BCUT2D eigenvalue weighted by atomic mass is 16.5. The zero-order valence-electron chi connectivity index (χ0n) is 14.9. The van der Waals surface area contributed by atoms with Crippen molar-refractivity contribution in [1.82, 2.24) is 4.98 Å². The molecule has 27 heavy (non-hydrogen) atoms. The van der Waals surface area contributed by atoms with Crippen LogP contribution < -0.4 is 11.1 Å². The van der Waals surface area contributed by atoms with Crippen LogP contribution in [-0.2, 0) is 4.74 Å². The van der Waals surface area contributed by atoms with Crippen molar-refractivity contribution in [2.75, 3.05) is 12.4 Å². The Bertz CT molecular complexity index is 1080. The second-order valence-corrected chi connectivity index (χ2v) is 5.82. The number of nitrogens with zero attached hydrogens (tertiary/aromatic N) is 3. The molecule has 3 aromatic rings. The molecule has 0 atom stereocenters. The van der Waals surface area contributed by atoms with Crippen molar-refractivity contribution in [2.45, 2.75) is 6.92 Å². The number of pyridine rings is 1. The van der Waals surface area contributed by atoms with Gasteiger partial charge in [0, 0.05) is 17.3 Å². The van der Waals surface area contributed by atoms with Gasteiger partial charge >= 0.3 is 0 Å². The number of fused-ring (bicyclic) bond motifs is 1. The first kappa shape index (κ1) is 17.9. The van der Waals surface area contributed by atoms with E-state index in [-0.39, 0.29) is 17.6 Å². The Morgan fingerprint density at radius 1 is 1.26 bits per heavy atom. The lowest BCUT2D eigenvalue weighted by Crippen LogP contribution is -2.13. The summed E-state index contributed by atoms with van der Waals surface area (Å²) in [6, 6.07) is 14.5. The van der Waals surface area contributed by atoms with Crippen LogP contribution in [0.3, 0.4) is 0 Å². The maximum Gasteiger partial charge on any atom is 0.286 e. The molecule has 3 N–H and O–H groups in total. The van der Waals surface area contributed by atoms with E-state index in [1.807, 2.05) is 37.3 Å². The van der Waals surface area contributed by atoms with Crippen molar-refractivity contribution in [2.24, 2.45) is 10.7 Å². The third-order valence-corrected chi connectivity index (χ3v) is 4.01. The fourth-order valence-electron chi connectivity index (χ4n) is 2.58. The SMILES string of the molecule is COC(N)=Nc1c(C)ccc2ccc(NC(=O)c3ccc(C#N)cn3)cc12. The molecule has 0 bridgehead atoms. The van der Waals surface area contributed by atoms with E-state index >= 15 is 0 Å². The van der Waals surface area contributed by atoms with Crippen molar-refractivity contribution in [3.05, 3.63) is 65.5 Å². The van der Waals surface area contributed by atoms with E-state index in [2.05, 4.69) is 15.3 Å². The first-order valence-electron chi connectivity index (χ1n) is 8.11. The minimum atomic E-state index is -0.368. The summed E-state index contributed by atoms with van der Waals surface area (Å²) in [6.07, 6.45) is 1.36. The molecule has 1 heterocycles. The molecule has 0 aliphatic heterocycles. The number of methoxy groups -OCH3 is 1. The first-order valence-corrected chi connectivity index (χ1v) is 8.11. The quantitative estimate of drug-likeness (QED) is 0.550. The van der Waals surface area contributed by atoms with Gasteiger partial charge in [-0.25, -0.2) is 4.98 Å². The molecular weight excluding hydrogens is 342 g/mol. The summed E-state index contributed by atoms with van der Waals surface area (Å²) in [5.41, 5.74) is 8.53. The van der Waals surface area contributed by atoms with Gasteiger partial charge < -0.3 is 15.8 Å². The normalized spacial score (nSPS) is 11.1. The molecule has 0 aliphatic carbocycles. The molecule has 3 rings (SSSR count). The molecule has 0 spiro atoms. The summed E-state index contributed by atoms with van der Waals surface area (Å²) in [4.78, 5) is 20.7. The number of hydrogen-bond acceptors (Lipinski definition) is 5. The second-order valence-electron chi connectivity index (χ2n) is 5.82. The lowest BCUT2D eigenvalue weighted by atomic mass is 10.0. The van der Waals surface area contributed by atoms with Crippen LogP contribution in [0.25, 0.3) is 10.8 Å². The van der Waals surface area contributed by atoms with Gasteiger partial charge in [-0.15, -0.1) is 0 Å². The predicted molar refractivity (Wildman–Crippen MR) is 104 cm³/mol. The lowest BCUT2D eigenvalue weighted by molar-refractivity contribution is 0.102. The summed E-state index contributed by atoms with van der Waals surface area (Å²) in [6.45, 7) is 1.92. The van der Waals surface area contributed by atoms with E-state index < -0.39 is 0 Å². The maximum absolute atomic E-state index is 12.4. The number of nitrogens with two attached hydrogens (primary N) is 1. The van der Waals surface area contributed by atoms with Crippen molar-refractivity contribution >= 4 is 34.1 Å². The van der Waals surface area contributed by atoms with Crippen molar-refractivity contribution in [3.63, 3.8) is 0 Å². The Kier molecular flexibility index (Phi) is 4.99. The molecule has 0 aliphatic rings. The van der Waals surface area contributed by atoms with Crippen LogP contribution in [0.5, 0.6) is 0 Å². The number of ether oxygens (including phenoxy) is 1. The number of hydrogen-bond donors (Lipinski definition) is 2. The summed E-state index contributed by atoms with van der Waals surface area (Å²) in [7, 11) is 1.45. The molecule has 134 valence electrons. The fourth-order valence-corrected chi connectivity index (χ4v) is 2.58. The summed E-state index contributed by atoms with van der Waals surface area (Å²) < 4.78 is 4.96. The number of aryl methyl sites for hydroxylation is 1. The Labute approximate surface area is 156 Å². The fraction of sp³-hybridized carbons (Fsp3) is 0.100. The van der Waals surface area contributed by atoms with Gasteiger partial charge in [-0.2, -0.15) is 10.3 Å². The van der Waals surface area contributed by atoms with Crippen LogP contribution in [0, 0.1) is 18.3 Å². The predicted octanol–water partition coefficient (Wildman–Crippen LogP) is 3.26. The van der Waals surface area contributed by atoms with E-state index in [1.54, 1.807) is 12.1 Å².